The zero-order valence-corrected chi connectivity index (χ0v) is 7.65. The normalized spacial score (nSPS) is 17.1. The smallest absolute Gasteiger partial charge is 0.312 e. The molecule has 0 aromatic rings. The topological polar surface area (TPSA) is 86.7 Å². The predicted octanol–water partition coefficient (Wildman–Crippen LogP) is -1.19. The molecule has 1 heterocycles. The Bertz CT molecular complexity index is 264. The van der Waals surface area contributed by atoms with Gasteiger partial charge >= 0.3 is 5.97 Å². The highest BCUT2D eigenvalue weighted by Gasteiger charge is 2.21. The van der Waals surface area contributed by atoms with E-state index in [1.54, 1.807) is 0 Å². The van der Waals surface area contributed by atoms with Gasteiger partial charge in [0.2, 0.25) is 11.8 Å². The van der Waals surface area contributed by atoms with Gasteiger partial charge in [-0.25, -0.2) is 0 Å². The summed E-state index contributed by atoms with van der Waals surface area (Å²) < 4.78 is 0. The molecule has 0 aromatic carbocycles. The number of hydrogen-bond donors (Lipinski definition) is 2. The maximum atomic E-state index is 11.3. The number of nitrogens with zero attached hydrogens (tertiary/aromatic N) is 1. The Balaban J connectivity index is 2.52. The Morgan fingerprint density at radius 1 is 1.50 bits per heavy atom. The van der Waals surface area contributed by atoms with Crippen LogP contribution in [0, 0.1) is 0 Å². The van der Waals surface area contributed by atoms with Gasteiger partial charge < -0.3 is 15.3 Å². The van der Waals surface area contributed by atoms with E-state index in [4.69, 9.17) is 5.11 Å². The first-order chi connectivity index (χ1) is 6.59. The maximum Gasteiger partial charge on any atom is 0.312 e. The Kier molecular flexibility index (Phi) is 3.44. The van der Waals surface area contributed by atoms with E-state index >= 15 is 0 Å². The average Bonchev–Trinajstić information content (AvgIpc) is 2.28. The highest BCUT2D eigenvalue weighted by atomic mass is 16.4. The van der Waals surface area contributed by atoms with Crippen molar-refractivity contribution in [1.82, 2.24) is 10.2 Å². The van der Waals surface area contributed by atoms with Crippen LogP contribution in [-0.2, 0) is 14.4 Å². The molecule has 0 aliphatic carbocycles. The number of carboxylic acid groups (broad SMARTS) is 1. The van der Waals surface area contributed by atoms with Gasteiger partial charge in [-0.15, -0.1) is 0 Å². The van der Waals surface area contributed by atoms with E-state index in [2.05, 4.69) is 5.32 Å². The van der Waals surface area contributed by atoms with E-state index in [-0.39, 0.29) is 12.5 Å². The molecular weight excluding hydrogens is 188 g/mol. The van der Waals surface area contributed by atoms with Crippen molar-refractivity contribution < 1.29 is 19.5 Å². The molecule has 1 aliphatic rings. The van der Waals surface area contributed by atoms with E-state index < -0.39 is 18.3 Å². The first-order valence-corrected chi connectivity index (χ1v) is 4.36. The van der Waals surface area contributed by atoms with Crippen LogP contribution in [0.25, 0.3) is 0 Å². The van der Waals surface area contributed by atoms with Crippen LogP contribution in [0.2, 0.25) is 0 Å². The van der Waals surface area contributed by atoms with Crippen LogP contribution in [0.15, 0.2) is 0 Å². The van der Waals surface area contributed by atoms with E-state index in [1.165, 1.54) is 4.90 Å². The van der Waals surface area contributed by atoms with Crippen LogP contribution in [-0.4, -0.2) is 47.4 Å². The van der Waals surface area contributed by atoms with E-state index in [0.717, 1.165) is 0 Å². The number of nitrogens with one attached hydrogen (secondary N) is 1. The first-order valence-electron chi connectivity index (χ1n) is 4.36. The van der Waals surface area contributed by atoms with Crippen molar-refractivity contribution >= 4 is 17.8 Å². The van der Waals surface area contributed by atoms with E-state index in [0.29, 0.717) is 19.5 Å². The second-order valence-electron chi connectivity index (χ2n) is 3.09. The second-order valence-corrected chi connectivity index (χ2v) is 3.09. The monoisotopic (exact) mass is 200 g/mol. The van der Waals surface area contributed by atoms with Gasteiger partial charge in [0.05, 0.1) is 6.54 Å². The van der Waals surface area contributed by atoms with Gasteiger partial charge in [0.1, 0.15) is 6.42 Å². The fourth-order valence-electron chi connectivity index (χ4n) is 1.26. The van der Waals surface area contributed by atoms with Crippen molar-refractivity contribution in [1.29, 1.82) is 0 Å². The lowest BCUT2D eigenvalue weighted by molar-refractivity contribution is -0.145. The van der Waals surface area contributed by atoms with Crippen molar-refractivity contribution in [2.24, 2.45) is 0 Å². The number of rotatable bonds is 2. The third-order valence-electron chi connectivity index (χ3n) is 1.92. The number of aliphatic carboxylic acids is 1. The molecule has 2 N–H and O–H groups in total. The van der Waals surface area contributed by atoms with Gasteiger partial charge in [0, 0.05) is 13.1 Å². The molecule has 2 amide bonds. The third-order valence-corrected chi connectivity index (χ3v) is 1.92. The van der Waals surface area contributed by atoms with Crippen LogP contribution < -0.4 is 5.32 Å². The zero-order chi connectivity index (χ0) is 10.6. The summed E-state index contributed by atoms with van der Waals surface area (Å²) in [5.41, 5.74) is 0. The summed E-state index contributed by atoms with van der Waals surface area (Å²) in [6.07, 6.45) is 0.115. The minimum Gasteiger partial charge on any atom is -0.481 e. The molecule has 1 rings (SSSR count). The second kappa shape index (κ2) is 4.59. The van der Waals surface area contributed by atoms with Gasteiger partial charge in [0.25, 0.3) is 0 Å². The van der Waals surface area contributed by atoms with Gasteiger partial charge in [0.15, 0.2) is 0 Å². The molecule has 0 unspecified atom stereocenters. The van der Waals surface area contributed by atoms with Crippen molar-refractivity contribution in [3.63, 3.8) is 0 Å². The summed E-state index contributed by atoms with van der Waals surface area (Å²) in [4.78, 5) is 33.8. The highest BCUT2D eigenvalue weighted by Crippen LogP contribution is 1.99. The summed E-state index contributed by atoms with van der Waals surface area (Å²) in [5.74, 6) is -1.91. The quantitative estimate of drug-likeness (QED) is 0.549. The zero-order valence-electron chi connectivity index (χ0n) is 7.65. The minimum absolute atomic E-state index is 0.0356. The van der Waals surface area contributed by atoms with Crippen LogP contribution in [0.3, 0.4) is 0 Å². The number of carbonyl (C=O) groups is 3. The fraction of sp³-hybridized carbons (Fsp3) is 0.625. The Labute approximate surface area is 80.9 Å². The van der Waals surface area contributed by atoms with Gasteiger partial charge in [-0.1, -0.05) is 0 Å². The summed E-state index contributed by atoms with van der Waals surface area (Å²) >= 11 is 0. The molecule has 1 fully saturated rings. The summed E-state index contributed by atoms with van der Waals surface area (Å²) in [5, 5.41) is 11.0. The third kappa shape index (κ3) is 3.04. The molecule has 0 bridgehead atoms. The van der Waals surface area contributed by atoms with E-state index in [1.807, 2.05) is 0 Å². The number of carbonyl (C=O) groups excluding carboxylic acids is 2. The van der Waals surface area contributed by atoms with E-state index in [9.17, 15) is 14.4 Å². The average molecular weight is 200 g/mol. The molecule has 6 nitrogen and oxygen atoms in total. The van der Waals surface area contributed by atoms with Gasteiger partial charge in [-0.2, -0.15) is 0 Å². The molecule has 14 heavy (non-hydrogen) atoms. The van der Waals surface area contributed by atoms with Crippen LogP contribution in [0.1, 0.15) is 12.8 Å². The Hall–Kier alpha value is -1.59. The SMILES string of the molecule is O=C(O)CC(=O)N1CCCNC(=O)C1. The van der Waals surface area contributed by atoms with Gasteiger partial charge in [-0.05, 0) is 6.42 Å². The standard InChI is InChI=1S/C8H12N2O4/c11-6-5-10(3-1-2-9-6)7(12)4-8(13)14/h1-5H2,(H,9,11)(H,13,14). The lowest BCUT2D eigenvalue weighted by atomic mass is 10.3. The van der Waals surface area contributed by atoms with Crippen LogP contribution in [0.4, 0.5) is 0 Å². The lowest BCUT2D eigenvalue weighted by Gasteiger charge is -2.17. The summed E-state index contributed by atoms with van der Waals surface area (Å²) in [6.45, 7) is 0.937. The minimum atomic E-state index is -1.17. The maximum absolute atomic E-state index is 11.3. The molecule has 1 saturated heterocycles. The molecule has 6 heteroatoms. The molecule has 0 aromatic heterocycles. The number of amides is 2. The lowest BCUT2D eigenvalue weighted by Crippen LogP contribution is -2.38. The number of carboxylic acids is 1. The summed E-state index contributed by atoms with van der Waals surface area (Å²) in [7, 11) is 0. The Morgan fingerprint density at radius 3 is 2.86 bits per heavy atom. The molecule has 0 atom stereocenters. The van der Waals surface area contributed by atoms with Crippen LogP contribution >= 0.6 is 0 Å². The van der Waals surface area contributed by atoms with Crippen molar-refractivity contribution in [3.05, 3.63) is 0 Å². The first kappa shape index (κ1) is 10.5. The van der Waals surface area contributed by atoms with Crippen LogP contribution in [0.5, 0.6) is 0 Å². The molecule has 0 spiro atoms. The highest BCUT2D eigenvalue weighted by molar-refractivity contribution is 5.95. The molecule has 78 valence electrons. The molecular formula is C8H12N2O4. The largest absolute Gasteiger partial charge is 0.481 e. The molecule has 0 radical (unpaired) electrons. The number of hydrogen-bond acceptors (Lipinski definition) is 3. The predicted molar refractivity (Wildman–Crippen MR) is 46.5 cm³/mol. The summed E-state index contributed by atoms with van der Waals surface area (Å²) in [6, 6.07) is 0. The van der Waals surface area contributed by atoms with Crippen molar-refractivity contribution in [2.75, 3.05) is 19.6 Å². The fourth-order valence-corrected chi connectivity index (χ4v) is 1.26. The Morgan fingerprint density at radius 2 is 2.21 bits per heavy atom. The molecule has 0 saturated carbocycles. The molecule has 1 aliphatic heterocycles. The van der Waals surface area contributed by atoms with Gasteiger partial charge in [-0.3, -0.25) is 14.4 Å². The van der Waals surface area contributed by atoms with Crippen molar-refractivity contribution in [2.45, 2.75) is 12.8 Å². The van der Waals surface area contributed by atoms with Crippen molar-refractivity contribution in [3.8, 4) is 0 Å².